The van der Waals surface area contributed by atoms with E-state index >= 15 is 0 Å². The lowest BCUT2D eigenvalue weighted by Crippen LogP contribution is -1.96. The van der Waals surface area contributed by atoms with Crippen molar-refractivity contribution in [1.29, 1.82) is 0 Å². The minimum Gasteiger partial charge on any atom is -0.378 e. The summed E-state index contributed by atoms with van der Waals surface area (Å²) in [6.45, 7) is 1.53. The van der Waals surface area contributed by atoms with Gasteiger partial charge in [0.15, 0.2) is 0 Å². The average Bonchev–Trinajstić information content (AvgIpc) is 2.15. The van der Waals surface area contributed by atoms with E-state index in [4.69, 9.17) is 4.74 Å². The van der Waals surface area contributed by atoms with Gasteiger partial charge in [-0.1, -0.05) is 18.2 Å². The SMILES string of the molecule is CO[CH]Cc1ccccc1[N+](=O)[O-]. The Morgan fingerprint density at radius 2 is 2.23 bits per heavy atom. The van der Waals surface area contributed by atoms with E-state index in [1.165, 1.54) is 19.8 Å². The number of hydrogen-bond acceptors (Lipinski definition) is 3. The number of nitro groups is 1. The number of methoxy groups -OCH3 is 1. The summed E-state index contributed by atoms with van der Waals surface area (Å²) in [4.78, 5) is 10.1. The highest BCUT2D eigenvalue weighted by Gasteiger charge is 2.11. The molecule has 1 aromatic carbocycles. The lowest BCUT2D eigenvalue weighted by molar-refractivity contribution is -0.385. The van der Waals surface area contributed by atoms with Crippen LogP contribution in [0.5, 0.6) is 0 Å². The van der Waals surface area contributed by atoms with Crippen molar-refractivity contribution in [2.75, 3.05) is 7.11 Å². The number of para-hydroxylation sites is 1. The van der Waals surface area contributed by atoms with E-state index in [1.54, 1.807) is 18.2 Å². The molecule has 1 rings (SSSR count). The molecule has 1 radical (unpaired) electrons. The Morgan fingerprint density at radius 1 is 1.54 bits per heavy atom. The smallest absolute Gasteiger partial charge is 0.272 e. The lowest BCUT2D eigenvalue weighted by Gasteiger charge is -2.00. The third-order valence-corrected chi connectivity index (χ3v) is 1.66. The monoisotopic (exact) mass is 180 g/mol. The van der Waals surface area contributed by atoms with Crippen molar-refractivity contribution in [2.24, 2.45) is 0 Å². The fourth-order valence-electron chi connectivity index (χ4n) is 1.03. The number of ether oxygens (including phenoxy) is 1. The minimum atomic E-state index is -0.390. The number of nitro benzene ring substituents is 1. The van der Waals surface area contributed by atoms with Crippen LogP contribution in [0.15, 0.2) is 24.3 Å². The summed E-state index contributed by atoms with van der Waals surface area (Å²) in [6.07, 6.45) is 0.452. The zero-order valence-electron chi connectivity index (χ0n) is 7.27. The molecule has 0 aliphatic rings. The molecule has 0 aliphatic carbocycles. The molecule has 4 heteroatoms. The summed E-state index contributed by atoms with van der Waals surface area (Å²) in [5.74, 6) is 0. The number of rotatable bonds is 4. The molecular weight excluding hydrogens is 170 g/mol. The summed E-state index contributed by atoms with van der Waals surface area (Å²) >= 11 is 0. The molecule has 4 nitrogen and oxygen atoms in total. The molecule has 0 spiro atoms. The summed E-state index contributed by atoms with van der Waals surface area (Å²) in [7, 11) is 1.52. The quantitative estimate of drug-likeness (QED) is 0.525. The second-order valence-corrected chi connectivity index (χ2v) is 2.49. The predicted octanol–water partition coefficient (Wildman–Crippen LogP) is 1.95. The Morgan fingerprint density at radius 3 is 2.85 bits per heavy atom. The van der Waals surface area contributed by atoms with Crippen LogP contribution >= 0.6 is 0 Å². The van der Waals surface area contributed by atoms with Gasteiger partial charge in [0.25, 0.3) is 5.69 Å². The maximum Gasteiger partial charge on any atom is 0.272 e. The van der Waals surface area contributed by atoms with Crippen molar-refractivity contribution >= 4 is 5.69 Å². The summed E-state index contributed by atoms with van der Waals surface area (Å²) in [5.41, 5.74) is 0.796. The third-order valence-electron chi connectivity index (χ3n) is 1.66. The molecule has 0 amide bonds. The molecule has 0 saturated heterocycles. The van der Waals surface area contributed by atoms with Gasteiger partial charge in [-0.25, -0.2) is 0 Å². The highest BCUT2D eigenvalue weighted by Crippen LogP contribution is 2.18. The third kappa shape index (κ3) is 2.52. The molecule has 0 heterocycles. The fraction of sp³-hybridized carbons (Fsp3) is 0.222. The van der Waals surface area contributed by atoms with Crippen LogP contribution in [-0.2, 0) is 11.2 Å². The van der Waals surface area contributed by atoms with E-state index in [0.717, 1.165) is 0 Å². The van der Waals surface area contributed by atoms with Crippen molar-refractivity contribution < 1.29 is 9.66 Å². The van der Waals surface area contributed by atoms with Crippen LogP contribution < -0.4 is 0 Å². The molecule has 0 fully saturated rings. The fourth-order valence-corrected chi connectivity index (χ4v) is 1.03. The highest BCUT2D eigenvalue weighted by atomic mass is 16.6. The summed E-state index contributed by atoms with van der Waals surface area (Å²) in [5, 5.41) is 10.5. The van der Waals surface area contributed by atoms with Crippen LogP contribution in [0.25, 0.3) is 0 Å². The number of nitrogens with zero attached hydrogens (tertiary/aromatic N) is 1. The van der Waals surface area contributed by atoms with E-state index in [2.05, 4.69) is 0 Å². The zero-order valence-corrected chi connectivity index (χ0v) is 7.27. The molecule has 0 saturated carbocycles. The van der Waals surface area contributed by atoms with Crippen molar-refractivity contribution in [3.63, 3.8) is 0 Å². The molecule has 0 aromatic heterocycles. The van der Waals surface area contributed by atoms with E-state index in [-0.39, 0.29) is 5.69 Å². The lowest BCUT2D eigenvalue weighted by atomic mass is 10.1. The second kappa shape index (κ2) is 4.57. The molecular formula is C9H10NO3. The van der Waals surface area contributed by atoms with Gasteiger partial charge in [-0.2, -0.15) is 0 Å². The van der Waals surface area contributed by atoms with Gasteiger partial charge >= 0.3 is 0 Å². The van der Waals surface area contributed by atoms with E-state index in [1.807, 2.05) is 0 Å². The Balaban J connectivity index is 2.84. The Hall–Kier alpha value is -1.42. The van der Waals surface area contributed by atoms with Gasteiger partial charge in [0.2, 0.25) is 0 Å². The van der Waals surface area contributed by atoms with Crippen molar-refractivity contribution in [3.05, 3.63) is 46.6 Å². The molecule has 1 aromatic rings. The standard InChI is InChI=1S/C9H10NO3/c1-13-7-6-8-4-2-3-5-9(8)10(11)12/h2-5,7H,6H2,1H3. The van der Waals surface area contributed by atoms with E-state index < -0.39 is 4.92 Å². The second-order valence-electron chi connectivity index (χ2n) is 2.49. The first-order valence-corrected chi connectivity index (χ1v) is 3.82. The first kappa shape index (κ1) is 9.67. The Kier molecular flexibility index (Phi) is 3.40. The number of benzene rings is 1. The van der Waals surface area contributed by atoms with Crippen LogP contribution in [0.1, 0.15) is 5.56 Å². The van der Waals surface area contributed by atoms with Crippen LogP contribution in [0.4, 0.5) is 5.69 Å². The van der Waals surface area contributed by atoms with Crippen LogP contribution in [0.2, 0.25) is 0 Å². The van der Waals surface area contributed by atoms with Gasteiger partial charge in [0.1, 0.15) is 0 Å². The van der Waals surface area contributed by atoms with Gasteiger partial charge in [-0.05, 0) is 0 Å². The first-order valence-electron chi connectivity index (χ1n) is 3.82. The van der Waals surface area contributed by atoms with Gasteiger partial charge in [0, 0.05) is 25.2 Å². The van der Waals surface area contributed by atoms with Crippen molar-refractivity contribution in [1.82, 2.24) is 0 Å². The summed E-state index contributed by atoms with van der Waals surface area (Å²) in [6, 6.07) is 6.62. The zero-order chi connectivity index (χ0) is 9.68. The summed E-state index contributed by atoms with van der Waals surface area (Å²) < 4.78 is 4.73. The van der Waals surface area contributed by atoms with Crippen molar-refractivity contribution in [2.45, 2.75) is 6.42 Å². The van der Waals surface area contributed by atoms with E-state index in [9.17, 15) is 10.1 Å². The van der Waals surface area contributed by atoms with Crippen LogP contribution in [0.3, 0.4) is 0 Å². The molecule has 0 bridgehead atoms. The number of hydrogen-bond donors (Lipinski definition) is 0. The molecule has 13 heavy (non-hydrogen) atoms. The van der Waals surface area contributed by atoms with Crippen molar-refractivity contribution in [3.8, 4) is 0 Å². The van der Waals surface area contributed by atoms with Crippen LogP contribution in [-0.4, -0.2) is 12.0 Å². The maximum absolute atomic E-state index is 10.5. The Labute approximate surface area is 76.3 Å². The van der Waals surface area contributed by atoms with Gasteiger partial charge < -0.3 is 4.74 Å². The van der Waals surface area contributed by atoms with Gasteiger partial charge in [-0.3, -0.25) is 10.1 Å². The molecule has 0 atom stereocenters. The average molecular weight is 180 g/mol. The van der Waals surface area contributed by atoms with Gasteiger partial charge in [-0.15, -0.1) is 0 Å². The topological polar surface area (TPSA) is 52.4 Å². The maximum atomic E-state index is 10.5. The van der Waals surface area contributed by atoms with Gasteiger partial charge in [0.05, 0.1) is 11.5 Å². The Bertz CT molecular complexity index is 299. The normalized spacial score (nSPS) is 9.92. The molecule has 0 unspecified atom stereocenters. The molecule has 0 N–H and O–H groups in total. The van der Waals surface area contributed by atoms with E-state index in [0.29, 0.717) is 12.0 Å². The van der Waals surface area contributed by atoms with Crippen LogP contribution in [0, 0.1) is 16.7 Å². The first-order chi connectivity index (χ1) is 6.25. The largest absolute Gasteiger partial charge is 0.378 e. The predicted molar refractivity (Wildman–Crippen MR) is 48.1 cm³/mol. The minimum absolute atomic E-state index is 0.135. The molecule has 0 aliphatic heterocycles. The highest BCUT2D eigenvalue weighted by molar-refractivity contribution is 5.40. The molecule has 69 valence electrons.